The van der Waals surface area contributed by atoms with Crippen LogP contribution in [0.1, 0.15) is 20.8 Å². The molecule has 0 bridgehead atoms. The Morgan fingerprint density at radius 2 is 1.95 bits per heavy atom. The van der Waals surface area contributed by atoms with Crippen LogP contribution in [-0.4, -0.2) is 16.2 Å². The van der Waals surface area contributed by atoms with Crippen molar-refractivity contribution in [2.75, 3.05) is 12.3 Å². The molecule has 0 radical (unpaired) electrons. The van der Waals surface area contributed by atoms with Crippen LogP contribution in [-0.2, 0) is 6.54 Å². The minimum absolute atomic E-state index is 0.546. The first-order valence-electron chi connectivity index (χ1n) is 6.65. The Kier molecular flexibility index (Phi) is 4.10. The molecule has 0 saturated heterocycles. The summed E-state index contributed by atoms with van der Waals surface area (Å²) in [6.07, 6.45) is 1.81. The SMILES string of the molecule is CCOc1ccc(-c2ncn(CC(C)C)c2N)cc1. The third kappa shape index (κ3) is 3.08. The van der Waals surface area contributed by atoms with E-state index in [0.717, 1.165) is 29.4 Å². The zero-order chi connectivity index (χ0) is 13.8. The maximum Gasteiger partial charge on any atom is 0.131 e. The van der Waals surface area contributed by atoms with E-state index >= 15 is 0 Å². The van der Waals surface area contributed by atoms with Crippen molar-refractivity contribution in [3.8, 4) is 17.0 Å². The fraction of sp³-hybridized carbons (Fsp3) is 0.400. The largest absolute Gasteiger partial charge is 0.494 e. The monoisotopic (exact) mass is 259 g/mol. The third-order valence-electron chi connectivity index (χ3n) is 2.88. The number of nitrogens with two attached hydrogens (primary N) is 1. The molecule has 0 fully saturated rings. The number of nitrogen functional groups attached to an aromatic ring is 1. The Hall–Kier alpha value is -1.97. The molecule has 2 N–H and O–H groups in total. The highest BCUT2D eigenvalue weighted by atomic mass is 16.5. The number of ether oxygens (including phenoxy) is 1. The fourth-order valence-electron chi connectivity index (χ4n) is 2.03. The molecule has 0 amide bonds. The number of nitrogens with zero attached hydrogens (tertiary/aromatic N) is 2. The molecule has 0 aliphatic heterocycles. The molecule has 0 spiro atoms. The Balaban J connectivity index is 2.24. The molecule has 4 heteroatoms. The molecule has 2 rings (SSSR count). The average molecular weight is 259 g/mol. The summed E-state index contributed by atoms with van der Waals surface area (Å²) in [4.78, 5) is 4.41. The van der Waals surface area contributed by atoms with Crippen molar-refractivity contribution in [2.45, 2.75) is 27.3 Å². The molecule has 4 nitrogen and oxygen atoms in total. The van der Waals surface area contributed by atoms with Crippen LogP contribution in [0.25, 0.3) is 11.3 Å². The van der Waals surface area contributed by atoms with Crippen LogP contribution in [0.4, 0.5) is 5.82 Å². The van der Waals surface area contributed by atoms with Gasteiger partial charge in [-0.3, -0.25) is 0 Å². The van der Waals surface area contributed by atoms with Crippen molar-refractivity contribution in [3.05, 3.63) is 30.6 Å². The number of rotatable bonds is 5. The first-order valence-corrected chi connectivity index (χ1v) is 6.65. The van der Waals surface area contributed by atoms with Crippen molar-refractivity contribution in [1.29, 1.82) is 0 Å². The Morgan fingerprint density at radius 3 is 2.53 bits per heavy atom. The number of anilines is 1. The van der Waals surface area contributed by atoms with E-state index in [0.29, 0.717) is 12.5 Å². The second-order valence-electron chi connectivity index (χ2n) is 4.98. The normalized spacial score (nSPS) is 10.9. The third-order valence-corrected chi connectivity index (χ3v) is 2.88. The van der Waals surface area contributed by atoms with Gasteiger partial charge in [0.05, 0.1) is 12.9 Å². The van der Waals surface area contributed by atoms with Gasteiger partial charge in [-0.15, -0.1) is 0 Å². The van der Waals surface area contributed by atoms with Gasteiger partial charge < -0.3 is 15.0 Å². The highest BCUT2D eigenvalue weighted by molar-refractivity contribution is 5.70. The van der Waals surface area contributed by atoms with E-state index in [1.165, 1.54) is 0 Å². The van der Waals surface area contributed by atoms with Crippen LogP contribution >= 0.6 is 0 Å². The van der Waals surface area contributed by atoms with Crippen LogP contribution in [0.5, 0.6) is 5.75 Å². The molecule has 1 aromatic heterocycles. The summed E-state index contributed by atoms with van der Waals surface area (Å²) in [5.74, 6) is 2.13. The van der Waals surface area contributed by atoms with Gasteiger partial charge in [0.1, 0.15) is 17.3 Å². The van der Waals surface area contributed by atoms with E-state index in [9.17, 15) is 0 Å². The van der Waals surface area contributed by atoms with Crippen LogP contribution < -0.4 is 10.5 Å². The van der Waals surface area contributed by atoms with Gasteiger partial charge >= 0.3 is 0 Å². The predicted molar refractivity (Wildman–Crippen MR) is 78.1 cm³/mol. The lowest BCUT2D eigenvalue weighted by atomic mass is 10.1. The second-order valence-corrected chi connectivity index (χ2v) is 4.98. The molecule has 0 atom stereocenters. The molecule has 1 aromatic carbocycles. The van der Waals surface area contributed by atoms with E-state index in [1.54, 1.807) is 6.33 Å². The molecule has 0 aliphatic carbocycles. The zero-order valence-corrected chi connectivity index (χ0v) is 11.8. The van der Waals surface area contributed by atoms with Crippen LogP contribution in [0, 0.1) is 5.92 Å². The van der Waals surface area contributed by atoms with Gasteiger partial charge in [-0.25, -0.2) is 4.98 Å². The van der Waals surface area contributed by atoms with Crippen molar-refractivity contribution in [2.24, 2.45) is 5.92 Å². The van der Waals surface area contributed by atoms with Gasteiger partial charge in [0.25, 0.3) is 0 Å². The number of hydrogen-bond acceptors (Lipinski definition) is 3. The van der Waals surface area contributed by atoms with Gasteiger partial charge in [-0.05, 0) is 37.1 Å². The summed E-state index contributed by atoms with van der Waals surface area (Å²) in [6, 6.07) is 7.87. The molecule has 0 aliphatic rings. The summed E-state index contributed by atoms with van der Waals surface area (Å²) < 4.78 is 7.42. The summed E-state index contributed by atoms with van der Waals surface area (Å²) in [6.45, 7) is 7.85. The molecular weight excluding hydrogens is 238 g/mol. The predicted octanol–water partition coefficient (Wildman–Crippen LogP) is 3.19. The van der Waals surface area contributed by atoms with Crippen molar-refractivity contribution in [3.63, 3.8) is 0 Å². The zero-order valence-electron chi connectivity index (χ0n) is 11.8. The van der Waals surface area contributed by atoms with Crippen LogP contribution in [0.2, 0.25) is 0 Å². The highest BCUT2D eigenvalue weighted by Gasteiger charge is 2.10. The van der Waals surface area contributed by atoms with E-state index in [4.69, 9.17) is 10.5 Å². The summed E-state index contributed by atoms with van der Waals surface area (Å²) >= 11 is 0. The van der Waals surface area contributed by atoms with Crippen molar-refractivity contribution >= 4 is 5.82 Å². The van der Waals surface area contributed by atoms with Gasteiger partial charge in [0.15, 0.2) is 0 Å². The second kappa shape index (κ2) is 5.78. The molecule has 102 valence electrons. The van der Waals surface area contributed by atoms with Crippen LogP contribution in [0.3, 0.4) is 0 Å². The number of hydrogen-bond donors (Lipinski definition) is 1. The minimum atomic E-state index is 0.546. The first-order chi connectivity index (χ1) is 9.11. The highest BCUT2D eigenvalue weighted by Crippen LogP contribution is 2.26. The number of imidazole rings is 1. The maximum atomic E-state index is 6.15. The standard InChI is InChI=1S/C15H21N3O/c1-4-19-13-7-5-12(6-8-13)14-15(16)18(10-17-14)9-11(2)3/h5-8,10-11H,4,9,16H2,1-3H3. The summed E-state index contributed by atoms with van der Waals surface area (Å²) in [5.41, 5.74) is 8.00. The lowest BCUT2D eigenvalue weighted by molar-refractivity contribution is 0.340. The smallest absolute Gasteiger partial charge is 0.131 e. The Bertz CT molecular complexity index is 529. The lowest BCUT2D eigenvalue weighted by Crippen LogP contribution is -2.06. The summed E-state index contributed by atoms with van der Waals surface area (Å²) in [7, 11) is 0. The Morgan fingerprint density at radius 1 is 1.26 bits per heavy atom. The van der Waals surface area contributed by atoms with Crippen LogP contribution in [0.15, 0.2) is 30.6 Å². The van der Waals surface area contributed by atoms with Crippen molar-refractivity contribution in [1.82, 2.24) is 9.55 Å². The quantitative estimate of drug-likeness (QED) is 0.897. The maximum absolute atomic E-state index is 6.15. The summed E-state index contributed by atoms with van der Waals surface area (Å²) in [5, 5.41) is 0. The van der Waals surface area contributed by atoms with E-state index in [1.807, 2.05) is 35.8 Å². The fourth-order valence-corrected chi connectivity index (χ4v) is 2.03. The van der Waals surface area contributed by atoms with E-state index in [2.05, 4.69) is 18.8 Å². The van der Waals surface area contributed by atoms with Gasteiger partial charge in [0.2, 0.25) is 0 Å². The molecule has 19 heavy (non-hydrogen) atoms. The van der Waals surface area contributed by atoms with Gasteiger partial charge in [-0.1, -0.05) is 13.8 Å². The van der Waals surface area contributed by atoms with E-state index < -0.39 is 0 Å². The molecule has 0 unspecified atom stereocenters. The molecule has 1 heterocycles. The average Bonchev–Trinajstić information content (AvgIpc) is 2.72. The first kappa shape index (κ1) is 13.5. The topological polar surface area (TPSA) is 53.1 Å². The minimum Gasteiger partial charge on any atom is -0.494 e. The molecule has 2 aromatic rings. The lowest BCUT2D eigenvalue weighted by Gasteiger charge is -2.08. The van der Waals surface area contributed by atoms with Gasteiger partial charge in [-0.2, -0.15) is 0 Å². The molecular formula is C15H21N3O. The Labute approximate surface area is 114 Å². The van der Waals surface area contributed by atoms with Gasteiger partial charge in [0, 0.05) is 12.1 Å². The molecule has 0 saturated carbocycles. The van der Waals surface area contributed by atoms with E-state index in [-0.39, 0.29) is 0 Å². The number of aromatic nitrogens is 2. The van der Waals surface area contributed by atoms with Crippen molar-refractivity contribution < 1.29 is 4.74 Å². The number of benzene rings is 1.